The first-order chi connectivity index (χ1) is 12.9. The van der Waals surface area contributed by atoms with Gasteiger partial charge < -0.3 is 14.5 Å². The Morgan fingerprint density at radius 2 is 1.81 bits per heavy atom. The van der Waals surface area contributed by atoms with E-state index >= 15 is 0 Å². The van der Waals surface area contributed by atoms with Crippen molar-refractivity contribution in [3.05, 3.63) is 54.1 Å². The number of para-hydroxylation sites is 2. The van der Waals surface area contributed by atoms with Gasteiger partial charge in [0, 0.05) is 5.69 Å². The molecule has 3 aromatic rings. The molecule has 0 aliphatic heterocycles. The van der Waals surface area contributed by atoms with Crippen LogP contribution < -0.4 is 5.32 Å². The lowest BCUT2D eigenvalue weighted by molar-refractivity contribution is -0.113. The summed E-state index contributed by atoms with van der Waals surface area (Å²) in [5, 5.41) is 1.96. The van der Waals surface area contributed by atoms with Crippen LogP contribution in [0.3, 0.4) is 0 Å². The lowest BCUT2D eigenvalue weighted by atomic mass is 10.2. The maximum atomic E-state index is 12.3. The Morgan fingerprint density at radius 1 is 1.11 bits per heavy atom. The highest BCUT2D eigenvalue weighted by Crippen LogP contribution is 2.19. The van der Waals surface area contributed by atoms with Gasteiger partial charge in [-0.2, -0.15) is 4.98 Å². The molecule has 0 spiro atoms. The molecule has 9 heteroatoms. The van der Waals surface area contributed by atoms with Crippen LogP contribution in [-0.4, -0.2) is 37.6 Å². The van der Waals surface area contributed by atoms with Gasteiger partial charge in [0.2, 0.25) is 15.7 Å². The first-order valence-electron chi connectivity index (χ1n) is 8.04. The van der Waals surface area contributed by atoms with Crippen LogP contribution in [0.5, 0.6) is 0 Å². The monoisotopic (exact) mass is 388 g/mol. The summed E-state index contributed by atoms with van der Waals surface area (Å²) in [7, 11) is -4.03. The number of sulfone groups is 1. The molecule has 3 rings (SSSR count). The summed E-state index contributed by atoms with van der Waals surface area (Å²) in [4.78, 5) is 27.6. The summed E-state index contributed by atoms with van der Waals surface area (Å²) in [5.74, 6) is -2.05. The second kappa shape index (κ2) is 7.58. The second-order valence-corrected chi connectivity index (χ2v) is 7.42. The van der Waals surface area contributed by atoms with Crippen LogP contribution in [-0.2, 0) is 19.4 Å². The number of esters is 1. The van der Waals surface area contributed by atoms with Crippen molar-refractivity contribution in [2.75, 3.05) is 17.7 Å². The van der Waals surface area contributed by atoms with Crippen molar-refractivity contribution >= 4 is 38.5 Å². The van der Waals surface area contributed by atoms with Crippen molar-refractivity contribution in [1.29, 1.82) is 0 Å². The first-order valence-corrected chi connectivity index (χ1v) is 9.69. The van der Waals surface area contributed by atoms with Crippen molar-refractivity contribution in [3.8, 4) is 0 Å². The van der Waals surface area contributed by atoms with Crippen molar-refractivity contribution < 1.29 is 27.2 Å². The Kier molecular flexibility index (Phi) is 5.22. The maximum absolute atomic E-state index is 12.3. The number of carbonyl (C=O) groups is 2. The van der Waals surface area contributed by atoms with Crippen molar-refractivity contribution in [3.63, 3.8) is 0 Å². The number of ether oxygens (including phenoxy) is 1. The summed E-state index contributed by atoms with van der Waals surface area (Å²) in [6, 6.07) is 12.5. The lowest BCUT2D eigenvalue weighted by Crippen LogP contribution is -2.23. The zero-order valence-corrected chi connectivity index (χ0v) is 15.2. The molecule has 27 heavy (non-hydrogen) atoms. The number of nitrogens with one attached hydrogen (secondary N) is 1. The van der Waals surface area contributed by atoms with E-state index in [1.807, 2.05) is 0 Å². The molecular weight excluding hydrogens is 372 g/mol. The number of hydrogen-bond acceptors (Lipinski definition) is 7. The third kappa shape index (κ3) is 4.32. The minimum Gasteiger partial charge on any atom is -0.462 e. The average molecular weight is 388 g/mol. The van der Waals surface area contributed by atoms with Crippen LogP contribution in [0.1, 0.15) is 17.3 Å². The summed E-state index contributed by atoms with van der Waals surface area (Å²) >= 11 is 0. The highest BCUT2D eigenvalue weighted by Gasteiger charge is 2.25. The SMILES string of the molecule is CCOC(=O)c1ccc(NC(=O)CS(=O)(=O)c2nc3ccccc3o2)cc1. The van der Waals surface area contributed by atoms with E-state index < -0.39 is 32.7 Å². The fraction of sp³-hybridized carbons (Fsp3) is 0.167. The van der Waals surface area contributed by atoms with Crippen LogP contribution >= 0.6 is 0 Å². The van der Waals surface area contributed by atoms with Crippen LogP contribution in [0.2, 0.25) is 0 Å². The Bertz CT molecular complexity index is 1050. The molecule has 8 nitrogen and oxygen atoms in total. The zero-order chi connectivity index (χ0) is 19.4. The number of rotatable bonds is 6. The number of oxazole rings is 1. The topological polar surface area (TPSA) is 116 Å². The molecule has 0 fully saturated rings. The molecule has 0 aliphatic carbocycles. The van der Waals surface area contributed by atoms with Crippen molar-refractivity contribution in [1.82, 2.24) is 4.98 Å². The van der Waals surface area contributed by atoms with Gasteiger partial charge in [-0.05, 0) is 43.3 Å². The Hall–Kier alpha value is -3.20. The molecule has 1 amide bonds. The van der Waals surface area contributed by atoms with Gasteiger partial charge in [0.25, 0.3) is 0 Å². The first kappa shape index (κ1) is 18.6. The van der Waals surface area contributed by atoms with Crippen molar-refractivity contribution in [2.24, 2.45) is 0 Å². The average Bonchev–Trinajstić information content (AvgIpc) is 3.07. The Morgan fingerprint density at radius 3 is 2.48 bits per heavy atom. The maximum Gasteiger partial charge on any atom is 0.338 e. The molecule has 0 unspecified atom stereocenters. The molecule has 0 saturated carbocycles. The smallest absolute Gasteiger partial charge is 0.338 e. The molecule has 1 aromatic heterocycles. The quantitative estimate of drug-likeness (QED) is 0.645. The Balaban J connectivity index is 1.68. The fourth-order valence-corrected chi connectivity index (χ4v) is 3.31. The van der Waals surface area contributed by atoms with E-state index in [1.54, 1.807) is 31.2 Å². The number of nitrogens with zero attached hydrogens (tertiary/aromatic N) is 1. The molecule has 0 atom stereocenters. The van der Waals surface area contributed by atoms with E-state index in [1.165, 1.54) is 24.3 Å². The molecule has 0 aliphatic rings. The van der Waals surface area contributed by atoms with Gasteiger partial charge in [-0.15, -0.1) is 0 Å². The number of anilines is 1. The van der Waals surface area contributed by atoms with Gasteiger partial charge in [0.1, 0.15) is 11.3 Å². The highest BCUT2D eigenvalue weighted by molar-refractivity contribution is 7.91. The lowest BCUT2D eigenvalue weighted by Gasteiger charge is -2.06. The van der Waals surface area contributed by atoms with E-state index in [0.29, 0.717) is 22.4 Å². The molecule has 1 N–H and O–H groups in total. The van der Waals surface area contributed by atoms with E-state index in [-0.39, 0.29) is 6.61 Å². The molecule has 140 valence electrons. The molecule has 1 heterocycles. The number of carbonyl (C=O) groups excluding carboxylic acids is 2. The predicted molar refractivity (Wildman–Crippen MR) is 97.1 cm³/mol. The molecular formula is C18H16N2O6S. The Labute approximate surface area is 155 Å². The fourth-order valence-electron chi connectivity index (χ4n) is 2.32. The van der Waals surface area contributed by atoms with Crippen LogP contribution in [0.4, 0.5) is 5.69 Å². The molecule has 0 radical (unpaired) electrons. The van der Waals surface area contributed by atoms with Crippen LogP contribution in [0, 0.1) is 0 Å². The summed E-state index contributed by atoms with van der Waals surface area (Å²) in [5.41, 5.74) is 1.40. The van der Waals surface area contributed by atoms with E-state index in [2.05, 4.69) is 10.3 Å². The summed E-state index contributed by atoms with van der Waals surface area (Å²) in [6.45, 7) is 1.95. The van der Waals surface area contributed by atoms with Crippen molar-refractivity contribution in [2.45, 2.75) is 12.1 Å². The van der Waals surface area contributed by atoms with Crippen LogP contribution in [0.25, 0.3) is 11.1 Å². The summed E-state index contributed by atoms with van der Waals surface area (Å²) < 4.78 is 34.8. The molecule has 0 saturated heterocycles. The van der Waals surface area contributed by atoms with Gasteiger partial charge >= 0.3 is 11.2 Å². The van der Waals surface area contributed by atoms with Gasteiger partial charge in [-0.3, -0.25) is 4.79 Å². The summed E-state index contributed by atoms with van der Waals surface area (Å²) in [6.07, 6.45) is 0. The van der Waals surface area contributed by atoms with Crippen LogP contribution in [0.15, 0.2) is 58.2 Å². The normalized spacial score (nSPS) is 11.3. The van der Waals surface area contributed by atoms with Gasteiger partial charge in [-0.25, -0.2) is 13.2 Å². The number of aromatic nitrogens is 1. The molecule has 2 aromatic carbocycles. The van der Waals surface area contributed by atoms with Gasteiger partial charge in [0.05, 0.1) is 12.2 Å². The third-order valence-corrected chi connectivity index (χ3v) is 4.89. The van der Waals surface area contributed by atoms with E-state index in [4.69, 9.17) is 9.15 Å². The number of amides is 1. The number of fused-ring (bicyclic) bond motifs is 1. The third-order valence-electron chi connectivity index (χ3n) is 3.54. The number of benzene rings is 2. The van der Waals surface area contributed by atoms with Gasteiger partial charge in [-0.1, -0.05) is 12.1 Å². The van der Waals surface area contributed by atoms with Gasteiger partial charge in [0.15, 0.2) is 5.58 Å². The zero-order valence-electron chi connectivity index (χ0n) is 14.3. The highest BCUT2D eigenvalue weighted by atomic mass is 32.2. The number of hydrogen-bond donors (Lipinski definition) is 1. The minimum absolute atomic E-state index is 0.255. The van der Waals surface area contributed by atoms with E-state index in [0.717, 1.165) is 0 Å². The predicted octanol–water partition coefficient (Wildman–Crippen LogP) is 2.42. The van der Waals surface area contributed by atoms with E-state index in [9.17, 15) is 18.0 Å². The standard InChI is InChI=1S/C18H16N2O6S/c1-2-25-17(22)12-7-9-13(10-8-12)19-16(21)11-27(23,24)18-20-14-5-3-4-6-15(14)26-18/h3-10H,2,11H2,1H3,(H,19,21). The minimum atomic E-state index is -4.03. The molecule has 0 bridgehead atoms. The second-order valence-electron chi connectivity index (χ2n) is 5.55. The largest absolute Gasteiger partial charge is 0.462 e.